The Morgan fingerprint density at radius 3 is 3.00 bits per heavy atom. The van der Waals surface area contributed by atoms with Gasteiger partial charge in [0, 0.05) is 37.2 Å². The number of hydrogen-bond acceptors (Lipinski definition) is 5. The van der Waals surface area contributed by atoms with Gasteiger partial charge in [0.05, 0.1) is 12.2 Å². The summed E-state index contributed by atoms with van der Waals surface area (Å²) in [5.41, 5.74) is 1.95. The molecule has 1 amide bonds. The van der Waals surface area contributed by atoms with Crippen molar-refractivity contribution >= 4 is 11.7 Å². The molecule has 0 N–H and O–H groups in total. The summed E-state index contributed by atoms with van der Waals surface area (Å²) in [6, 6.07) is 1.88. The third-order valence-corrected chi connectivity index (χ3v) is 4.24. The number of aromatic nitrogens is 6. The average molecular weight is 311 g/mol. The number of aryl methyl sites for hydroxylation is 2. The fraction of sp³-hybridized carbons (Fsp3) is 0.400. The fourth-order valence-electron chi connectivity index (χ4n) is 3.09. The molecule has 1 aliphatic rings. The lowest BCUT2D eigenvalue weighted by Gasteiger charge is -2.22. The number of nitrogens with zero attached hydrogens (tertiary/aromatic N) is 7. The minimum absolute atomic E-state index is 0.0388. The fourth-order valence-corrected chi connectivity index (χ4v) is 3.09. The largest absolute Gasteiger partial charge is 0.329 e. The van der Waals surface area contributed by atoms with Gasteiger partial charge in [-0.15, -0.1) is 5.10 Å². The molecule has 3 aromatic rings. The van der Waals surface area contributed by atoms with Crippen LogP contribution < -0.4 is 0 Å². The highest BCUT2D eigenvalue weighted by atomic mass is 16.2. The van der Waals surface area contributed by atoms with E-state index in [-0.39, 0.29) is 17.8 Å². The van der Waals surface area contributed by atoms with Crippen LogP contribution in [-0.4, -0.2) is 46.7 Å². The molecule has 118 valence electrons. The van der Waals surface area contributed by atoms with Crippen molar-refractivity contribution in [2.45, 2.75) is 25.8 Å². The molecule has 1 atom stereocenters. The topological polar surface area (TPSA) is 81.2 Å². The van der Waals surface area contributed by atoms with E-state index in [2.05, 4.69) is 20.2 Å². The van der Waals surface area contributed by atoms with Crippen LogP contribution in [0.1, 0.15) is 40.8 Å². The molecule has 0 aromatic carbocycles. The van der Waals surface area contributed by atoms with Crippen LogP contribution in [0.15, 0.2) is 24.7 Å². The quantitative estimate of drug-likeness (QED) is 0.709. The zero-order chi connectivity index (χ0) is 16.0. The first-order valence-electron chi connectivity index (χ1n) is 7.61. The lowest BCUT2D eigenvalue weighted by atomic mass is 10.1. The van der Waals surface area contributed by atoms with Gasteiger partial charge in [-0.3, -0.25) is 9.48 Å². The molecule has 23 heavy (non-hydrogen) atoms. The van der Waals surface area contributed by atoms with Gasteiger partial charge in [0.15, 0.2) is 0 Å². The second-order valence-corrected chi connectivity index (χ2v) is 5.84. The summed E-state index contributed by atoms with van der Waals surface area (Å²) < 4.78 is 3.36. The molecule has 0 saturated carbocycles. The van der Waals surface area contributed by atoms with E-state index in [0.717, 1.165) is 24.1 Å². The number of fused-ring (bicyclic) bond motifs is 1. The van der Waals surface area contributed by atoms with Gasteiger partial charge in [0.2, 0.25) is 5.82 Å². The van der Waals surface area contributed by atoms with Crippen LogP contribution in [0, 0.1) is 6.92 Å². The lowest BCUT2D eigenvalue weighted by molar-refractivity contribution is 0.0723. The van der Waals surface area contributed by atoms with Crippen molar-refractivity contribution in [2.24, 2.45) is 7.05 Å². The van der Waals surface area contributed by atoms with E-state index in [9.17, 15) is 4.79 Å². The minimum atomic E-state index is -0.152. The molecule has 8 nitrogen and oxygen atoms in total. The molecule has 8 heteroatoms. The highest BCUT2D eigenvalue weighted by Gasteiger charge is 2.33. The summed E-state index contributed by atoms with van der Waals surface area (Å²) in [6.45, 7) is 2.62. The molecular weight excluding hydrogens is 294 g/mol. The van der Waals surface area contributed by atoms with Crippen molar-refractivity contribution in [3.05, 3.63) is 41.7 Å². The van der Waals surface area contributed by atoms with Crippen LogP contribution in [0.2, 0.25) is 0 Å². The molecule has 1 saturated heterocycles. The highest BCUT2D eigenvalue weighted by molar-refractivity contribution is 5.91. The van der Waals surface area contributed by atoms with Crippen molar-refractivity contribution in [2.75, 3.05) is 6.54 Å². The van der Waals surface area contributed by atoms with Gasteiger partial charge in [-0.05, 0) is 25.8 Å². The highest BCUT2D eigenvalue weighted by Crippen LogP contribution is 2.32. The summed E-state index contributed by atoms with van der Waals surface area (Å²) in [5.74, 6) is 0.495. The Morgan fingerprint density at radius 1 is 1.39 bits per heavy atom. The van der Waals surface area contributed by atoms with Gasteiger partial charge in [-0.25, -0.2) is 9.50 Å². The number of likely N-dealkylation sites (tertiary alicyclic amines) is 1. The van der Waals surface area contributed by atoms with Gasteiger partial charge in [0.25, 0.3) is 11.7 Å². The maximum Gasteiger partial charge on any atom is 0.294 e. The molecule has 4 heterocycles. The van der Waals surface area contributed by atoms with E-state index in [1.807, 2.05) is 37.3 Å². The van der Waals surface area contributed by atoms with Gasteiger partial charge in [0.1, 0.15) is 0 Å². The zero-order valence-electron chi connectivity index (χ0n) is 13.0. The van der Waals surface area contributed by atoms with Crippen molar-refractivity contribution in [1.82, 2.24) is 34.3 Å². The summed E-state index contributed by atoms with van der Waals surface area (Å²) in [5, 5.41) is 8.53. The Labute approximate surface area is 132 Å². The van der Waals surface area contributed by atoms with Crippen molar-refractivity contribution in [3.8, 4) is 0 Å². The van der Waals surface area contributed by atoms with E-state index < -0.39 is 0 Å². The molecular formula is C15H17N7O. The van der Waals surface area contributed by atoms with Crippen LogP contribution in [-0.2, 0) is 7.05 Å². The third-order valence-electron chi connectivity index (χ3n) is 4.24. The summed E-state index contributed by atoms with van der Waals surface area (Å²) in [4.78, 5) is 23.1. The molecule has 1 aliphatic heterocycles. The van der Waals surface area contributed by atoms with E-state index in [0.29, 0.717) is 12.3 Å². The second kappa shape index (κ2) is 5.15. The summed E-state index contributed by atoms with van der Waals surface area (Å²) in [6.07, 6.45) is 7.35. The molecule has 0 bridgehead atoms. The standard InChI is InChI=1S/C15H17N7O/c1-10-5-6-16-15-18-13(19-22(10)15)14(23)21-7-3-4-12(21)11-8-17-20(2)9-11/h5-6,8-9,12H,3-4,7H2,1-2H3/t12-/m0/s1. The van der Waals surface area contributed by atoms with Crippen molar-refractivity contribution < 1.29 is 4.79 Å². The molecule has 0 radical (unpaired) electrons. The van der Waals surface area contributed by atoms with Crippen LogP contribution in [0.25, 0.3) is 5.78 Å². The second-order valence-electron chi connectivity index (χ2n) is 5.84. The number of carbonyl (C=O) groups excluding carboxylic acids is 1. The predicted molar refractivity (Wildman–Crippen MR) is 81.7 cm³/mol. The predicted octanol–water partition coefficient (Wildman–Crippen LogP) is 1.14. The van der Waals surface area contributed by atoms with Gasteiger partial charge in [-0.2, -0.15) is 10.1 Å². The number of carbonyl (C=O) groups is 1. The first-order chi connectivity index (χ1) is 11.1. The number of rotatable bonds is 2. The normalized spacial score (nSPS) is 18.0. The maximum atomic E-state index is 12.9. The van der Waals surface area contributed by atoms with Crippen molar-refractivity contribution in [3.63, 3.8) is 0 Å². The molecule has 4 rings (SSSR count). The molecule has 0 spiro atoms. The lowest BCUT2D eigenvalue weighted by Crippen LogP contribution is -2.31. The Hall–Kier alpha value is -2.77. The first kappa shape index (κ1) is 13.9. The summed E-state index contributed by atoms with van der Waals surface area (Å²) in [7, 11) is 1.88. The van der Waals surface area contributed by atoms with Crippen LogP contribution >= 0.6 is 0 Å². The van der Waals surface area contributed by atoms with Gasteiger partial charge in [-0.1, -0.05) is 0 Å². The van der Waals surface area contributed by atoms with Crippen LogP contribution in [0.5, 0.6) is 0 Å². The van der Waals surface area contributed by atoms with Crippen LogP contribution in [0.3, 0.4) is 0 Å². The average Bonchev–Trinajstić information content (AvgIpc) is 3.24. The Bertz CT molecular complexity index is 881. The molecule has 0 unspecified atom stereocenters. The van der Waals surface area contributed by atoms with E-state index >= 15 is 0 Å². The van der Waals surface area contributed by atoms with Gasteiger partial charge < -0.3 is 4.90 Å². The number of hydrogen-bond donors (Lipinski definition) is 0. The Morgan fingerprint density at radius 2 is 2.26 bits per heavy atom. The van der Waals surface area contributed by atoms with Gasteiger partial charge >= 0.3 is 0 Å². The Kier molecular flexibility index (Phi) is 3.10. The maximum absolute atomic E-state index is 12.9. The van der Waals surface area contributed by atoms with E-state index in [4.69, 9.17) is 0 Å². The van der Waals surface area contributed by atoms with E-state index in [1.165, 1.54) is 0 Å². The number of amides is 1. The van der Waals surface area contributed by atoms with Crippen molar-refractivity contribution in [1.29, 1.82) is 0 Å². The Balaban J connectivity index is 1.68. The molecule has 0 aliphatic carbocycles. The minimum Gasteiger partial charge on any atom is -0.329 e. The van der Waals surface area contributed by atoms with E-state index in [1.54, 1.807) is 15.4 Å². The van der Waals surface area contributed by atoms with Crippen LogP contribution in [0.4, 0.5) is 0 Å². The smallest absolute Gasteiger partial charge is 0.294 e. The third kappa shape index (κ3) is 2.26. The molecule has 1 fully saturated rings. The zero-order valence-corrected chi connectivity index (χ0v) is 13.0. The first-order valence-corrected chi connectivity index (χ1v) is 7.61. The monoisotopic (exact) mass is 311 g/mol. The SMILES string of the molecule is Cc1ccnc2nc(C(=O)N3CCC[C@H]3c3cnn(C)c3)nn12. The molecule has 3 aromatic heterocycles. The summed E-state index contributed by atoms with van der Waals surface area (Å²) >= 11 is 0.